The Hall–Kier alpha value is -3.56. The van der Waals surface area contributed by atoms with Gasteiger partial charge in [0.1, 0.15) is 5.75 Å². The van der Waals surface area contributed by atoms with E-state index < -0.39 is 0 Å². The third kappa shape index (κ3) is 4.50. The summed E-state index contributed by atoms with van der Waals surface area (Å²) in [6.07, 6.45) is 2.08. The van der Waals surface area contributed by atoms with Gasteiger partial charge in [0, 0.05) is 0 Å². The number of ether oxygens (including phenoxy) is 1. The number of anilines is 1. The van der Waals surface area contributed by atoms with Crippen LogP contribution in [0.2, 0.25) is 0 Å². The van der Waals surface area contributed by atoms with Crippen LogP contribution in [0.1, 0.15) is 17.2 Å². The van der Waals surface area contributed by atoms with Crippen LogP contribution >= 0.6 is 23.1 Å². The molecule has 0 spiro atoms. The predicted octanol–water partition coefficient (Wildman–Crippen LogP) is 4.50. The fourth-order valence-electron chi connectivity index (χ4n) is 3.72. The lowest BCUT2D eigenvalue weighted by atomic mass is 10.0. The molecule has 1 aliphatic heterocycles. The van der Waals surface area contributed by atoms with Crippen LogP contribution in [0.5, 0.6) is 5.75 Å². The molecule has 0 saturated carbocycles. The monoisotopic (exact) mass is 475 g/mol. The van der Waals surface area contributed by atoms with Gasteiger partial charge in [0.15, 0.2) is 4.34 Å². The van der Waals surface area contributed by atoms with E-state index in [2.05, 4.69) is 52.0 Å². The topological polar surface area (TPSA) is 93.4 Å². The average molecular weight is 476 g/mol. The number of nitrogens with one attached hydrogen (secondary N) is 1. The Bertz CT molecular complexity index is 1340. The highest BCUT2D eigenvalue weighted by Gasteiger charge is 2.31. The molecule has 3 N–H and O–H groups in total. The third-order valence-electron chi connectivity index (χ3n) is 5.37. The van der Waals surface area contributed by atoms with E-state index in [1.807, 2.05) is 36.4 Å². The summed E-state index contributed by atoms with van der Waals surface area (Å²) in [7, 11) is 1.64. The number of fused-ring (bicyclic) bond motifs is 1. The minimum atomic E-state index is -0.259. The van der Waals surface area contributed by atoms with Crippen LogP contribution in [-0.4, -0.2) is 34.0 Å². The van der Waals surface area contributed by atoms with Crippen LogP contribution in [-0.2, 0) is 4.79 Å². The van der Waals surface area contributed by atoms with Gasteiger partial charge >= 0.3 is 0 Å². The lowest BCUT2D eigenvalue weighted by molar-refractivity contribution is -0.131. The fourth-order valence-corrected chi connectivity index (χ4v) is 5.22. The number of thioether (sulfide) groups is 1. The highest BCUT2D eigenvalue weighted by Crippen LogP contribution is 2.34. The minimum absolute atomic E-state index is 0.0679. The van der Waals surface area contributed by atoms with E-state index in [0.717, 1.165) is 28.0 Å². The predicted molar refractivity (Wildman–Crippen MR) is 133 cm³/mol. The van der Waals surface area contributed by atoms with E-state index in [4.69, 9.17) is 10.5 Å². The molecule has 33 heavy (non-hydrogen) atoms. The Balaban J connectivity index is 1.43. The number of benzene rings is 3. The molecule has 1 aliphatic rings. The number of carbonyl (C=O) groups is 1. The van der Waals surface area contributed by atoms with Gasteiger partial charge < -0.3 is 10.5 Å². The molecule has 7 nitrogen and oxygen atoms in total. The molecule has 2 heterocycles. The van der Waals surface area contributed by atoms with E-state index in [1.165, 1.54) is 28.5 Å². The molecule has 9 heteroatoms. The largest absolute Gasteiger partial charge is 0.497 e. The number of hydrazine groups is 1. The zero-order chi connectivity index (χ0) is 22.8. The van der Waals surface area contributed by atoms with Gasteiger partial charge in [-0.1, -0.05) is 71.6 Å². The quantitative estimate of drug-likeness (QED) is 0.397. The second kappa shape index (κ2) is 9.13. The molecule has 0 bridgehead atoms. The normalized spacial score (nSPS) is 15.4. The smallest absolute Gasteiger partial charge is 0.252 e. The first-order valence-electron chi connectivity index (χ1n) is 10.3. The number of nitrogen functional groups attached to an aromatic ring is 1. The highest BCUT2D eigenvalue weighted by molar-refractivity contribution is 8.01. The molecule has 0 radical (unpaired) electrons. The lowest BCUT2D eigenvalue weighted by Crippen LogP contribution is -2.40. The fraction of sp³-hybridized carbons (Fsp3) is 0.125. The molecule has 0 fully saturated rings. The number of carbonyl (C=O) groups excluding carboxylic acids is 1. The SMILES string of the molecule is COc1ccc([C@H]2C=C(c3ccc4ccccc4c3)NN2C(=O)CSc2nnc(N)s2)cc1. The highest BCUT2D eigenvalue weighted by atomic mass is 32.2. The maximum atomic E-state index is 13.2. The Morgan fingerprint density at radius 3 is 2.64 bits per heavy atom. The average Bonchev–Trinajstić information content (AvgIpc) is 3.49. The van der Waals surface area contributed by atoms with E-state index in [9.17, 15) is 4.79 Å². The summed E-state index contributed by atoms with van der Waals surface area (Å²) < 4.78 is 5.96. The van der Waals surface area contributed by atoms with Crippen molar-refractivity contribution in [1.82, 2.24) is 20.6 Å². The van der Waals surface area contributed by atoms with Crippen molar-refractivity contribution in [2.24, 2.45) is 0 Å². The number of hydrogen-bond acceptors (Lipinski definition) is 8. The number of rotatable bonds is 6. The maximum Gasteiger partial charge on any atom is 0.252 e. The van der Waals surface area contributed by atoms with Crippen molar-refractivity contribution in [2.75, 3.05) is 18.6 Å². The third-order valence-corrected chi connectivity index (χ3v) is 7.24. The van der Waals surface area contributed by atoms with Gasteiger partial charge in [-0.3, -0.25) is 10.2 Å². The summed E-state index contributed by atoms with van der Waals surface area (Å²) in [4.78, 5) is 13.2. The van der Waals surface area contributed by atoms with Crippen molar-refractivity contribution in [3.8, 4) is 5.75 Å². The molecule has 0 aliphatic carbocycles. The van der Waals surface area contributed by atoms with Crippen LogP contribution in [0.4, 0.5) is 5.13 Å². The Morgan fingerprint density at radius 1 is 1.12 bits per heavy atom. The zero-order valence-electron chi connectivity index (χ0n) is 17.8. The van der Waals surface area contributed by atoms with E-state index in [0.29, 0.717) is 9.47 Å². The van der Waals surface area contributed by atoms with Crippen molar-refractivity contribution < 1.29 is 9.53 Å². The van der Waals surface area contributed by atoms with Crippen molar-refractivity contribution >= 4 is 50.6 Å². The number of nitrogens with zero attached hydrogens (tertiary/aromatic N) is 3. The van der Waals surface area contributed by atoms with Crippen LogP contribution in [0.3, 0.4) is 0 Å². The standard InChI is InChI=1S/C24H21N5O2S2/c1-31-19-10-8-16(9-11-19)21-13-20(18-7-6-15-4-2-3-5-17(15)12-18)28-29(21)22(30)14-32-24-27-26-23(25)33-24/h2-13,21,28H,14H2,1H3,(H2,25,26)/t21-/m1/s1. The molecular weight excluding hydrogens is 454 g/mol. The van der Waals surface area contributed by atoms with E-state index >= 15 is 0 Å². The molecular formula is C24H21N5O2S2. The summed E-state index contributed by atoms with van der Waals surface area (Å²) in [5.74, 6) is 0.917. The summed E-state index contributed by atoms with van der Waals surface area (Å²) in [6, 6.07) is 22.0. The molecule has 0 unspecified atom stereocenters. The molecule has 4 aromatic rings. The second-order valence-electron chi connectivity index (χ2n) is 7.43. The van der Waals surface area contributed by atoms with Crippen LogP contribution in [0.25, 0.3) is 16.5 Å². The van der Waals surface area contributed by atoms with Crippen LogP contribution in [0, 0.1) is 0 Å². The molecule has 1 aromatic heterocycles. The Kier molecular flexibility index (Phi) is 5.89. The van der Waals surface area contributed by atoms with Crippen molar-refractivity contribution in [3.05, 3.63) is 83.9 Å². The molecule has 1 atom stereocenters. The summed E-state index contributed by atoms with van der Waals surface area (Å²) in [5, 5.41) is 12.2. The molecule has 1 amide bonds. The van der Waals surface area contributed by atoms with Crippen LogP contribution in [0.15, 0.2) is 77.1 Å². The Morgan fingerprint density at radius 2 is 1.91 bits per heavy atom. The lowest BCUT2D eigenvalue weighted by Gasteiger charge is -2.25. The molecule has 0 saturated heterocycles. The van der Waals surface area contributed by atoms with Crippen molar-refractivity contribution in [3.63, 3.8) is 0 Å². The molecule has 166 valence electrons. The van der Waals surface area contributed by atoms with Crippen molar-refractivity contribution in [1.29, 1.82) is 0 Å². The molecule has 5 rings (SSSR count). The number of hydrogen-bond donors (Lipinski definition) is 2. The zero-order valence-corrected chi connectivity index (χ0v) is 19.4. The summed E-state index contributed by atoms with van der Waals surface area (Å²) >= 11 is 2.60. The first-order valence-corrected chi connectivity index (χ1v) is 12.1. The van der Waals surface area contributed by atoms with Gasteiger partial charge in [0.05, 0.1) is 24.6 Å². The van der Waals surface area contributed by atoms with Gasteiger partial charge in [-0.25, -0.2) is 5.01 Å². The van der Waals surface area contributed by atoms with Gasteiger partial charge in [-0.05, 0) is 46.2 Å². The minimum Gasteiger partial charge on any atom is -0.497 e. The van der Waals surface area contributed by atoms with Gasteiger partial charge in [0.2, 0.25) is 5.13 Å². The summed E-state index contributed by atoms with van der Waals surface area (Å²) in [6.45, 7) is 0. The maximum absolute atomic E-state index is 13.2. The van der Waals surface area contributed by atoms with Gasteiger partial charge in [-0.2, -0.15) is 0 Å². The number of methoxy groups -OCH3 is 1. The molecule has 3 aromatic carbocycles. The number of aromatic nitrogens is 2. The van der Waals surface area contributed by atoms with E-state index in [1.54, 1.807) is 12.1 Å². The van der Waals surface area contributed by atoms with E-state index in [-0.39, 0.29) is 17.7 Å². The first-order chi connectivity index (χ1) is 16.1. The Labute approximate surface area is 199 Å². The van der Waals surface area contributed by atoms with Crippen molar-refractivity contribution in [2.45, 2.75) is 10.4 Å². The number of nitrogens with two attached hydrogens (primary N) is 1. The van der Waals surface area contributed by atoms with Crippen LogP contribution < -0.4 is 15.9 Å². The second-order valence-corrected chi connectivity index (χ2v) is 9.66. The number of amides is 1. The first kappa shape index (κ1) is 21.3. The van der Waals surface area contributed by atoms with Gasteiger partial charge in [0.25, 0.3) is 5.91 Å². The summed E-state index contributed by atoms with van der Waals surface area (Å²) in [5.41, 5.74) is 11.9. The van der Waals surface area contributed by atoms with Gasteiger partial charge in [-0.15, -0.1) is 10.2 Å².